The fourth-order valence-electron chi connectivity index (χ4n) is 3.18. The Kier molecular flexibility index (Phi) is 4.53. The molecule has 1 aromatic rings. The Morgan fingerprint density at radius 3 is 3.11 bits per heavy atom. The Morgan fingerprint density at radius 1 is 1.42 bits per heavy atom. The molecule has 1 saturated heterocycles. The highest BCUT2D eigenvalue weighted by molar-refractivity contribution is 7.10. The van der Waals surface area contributed by atoms with E-state index in [1.165, 1.54) is 25.8 Å². The second-order valence-corrected chi connectivity index (χ2v) is 6.60. The summed E-state index contributed by atoms with van der Waals surface area (Å²) in [4.78, 5) is 4.21. The molecule has 0 aliphatic carbocycles. The smallest absolute Gasteiger partial charge is 0.0480 e. The van der Waals surface area contributed by atoms with Gasteiger partial charge in [-0.2, -0.15) is 0 Å². The number of rotatable bonds is 4. The molecule has 1 N–H and O–H groups in total. The van der Waals surface area contributed by atoms with Crippen LogP contribution >= 0.6 is 11.3 Å². The summed E-state index contributed by atoms with van der Waals surface area (Å²) in [5, 5.41) is 5.93. The maximum atomic E-state index is 5.39. The molecule has 0 bridgehead atoms. The van der Waals surface area contributed by atoms with E-state index in [9.17, 15) is 0 Å². The van der Waals surface area contributed by atoms with Gasteiger partial charge >= 0.3 is 0 Å². The number of nitrogens with zero attached hydrogens (tertiary/aromatic N) is 1. The molecule has 0 aromatic carbocycles. The molecule has 1 atom stereocenters. The maximum Gasteiger partial charge on any atom is 0.0480 e. The average molecular weight is 280 g/mol. The second-order valence-electron chi connectivity index (χ2n) is 5.60. The molecule has 3 nitrogen and oxygen atoms in total. The first-order valence-electron chi connectivity index (χ1n) is 7.46. The highest BCUT2D eigenvalue weighted by Gasteiger charge is 2.24. The van der Waals surface area contributed by atoms with Crippen LogP contribution in [0.3, 0.4) is 0 Å². The van der Waals surface area contributed by atoms with Crippen molar-refractivity contribution < 1.29 is 4.74 Å². The molecule has 1 fully saturated rings. The summed E-state index contributed by atoms with van der Waals surface area (Å²) in [5.74, 6) is 0. The molecule has 106 valence electrons. The van der Waals surface area contributed by atoms with Gasteiger partial charge in [0.15, 0.2) is 0 Å². The van der Waals surface area contributed by atoms with Gasteiger partial charge in [0.25, 0.3) is 0 Å². The number of ether oxygens (including phenoxy) is 1. The molecule has 3 heterocycles. The molecular weight excluding hydrogens is 256 g/mol. The molecule has 0 spiro atoms. The first kappa shape index (κ1) is 13.6. The van der Waals surface area contributed by atoms with Crippen molar-refractivity contribution in [3.63, 3.8) is 0 Å². The first-order chi connectivity index (χ1) is 9.34. The van der Waals surface area contributed by atoms with Crippen molar-refractivity contribution in [2.45, 2.75) is 38.3 Å². The van der Waals surface area contributed by atoms with E-state index in [2.05, 4.69) is 28.6 Å². The topological polar surface area (TPSA) is 24.5 Å². The SMILES string of the molecule is CC1c2ccsc2CCN1CCNC1CCOCC1. The predicted molar refractivity (Wildman–Crippen MR) is 79.9 cm³/mol. The van der Waals surface area contributed by atoms with Gasteiger partial charge < -0.3 is 10.1 Å². The van der Waals surface area contributed by atoms with Gasteiger partial charge in [-0.1, -0.05) is 0 Å². The third kappa shape index (κ3) is 3.19. The van der Waals surface area contributed by atoms with Crippen LogP contribution in [0.25, 0.3) is 0 Å². The Hall–Kier alpha value is -0.420. The largest absolute Gasteiger partial charge is 0.381 e. The Morgan fingerprint density at radius 2 is 2.26 bits per heavy atom. The molecule has 0 amide bonds. The highest BCUT2D eigenvalue weighted by atomic mass is 32.1. The van der Waals surface area contributed by atoms with Crippen LogP contribution in [0.5, 0.6) is 0 Å². The van der Waals surface area contributed by atoms with Crippen LogP contribution in [0.2, 0.25) is 0 Å². The highest BCUT2D eigenvalue weighted by Crippen LogP contribution is 2.32. The minimum atomic E-state index is 0.589. The third-order valence-electron chi connectivity index (χ3n) is 4.46. The van der Waals surface area contributed by atoms with Gasteiger partial charge in [-0.3, -0.25) is 4.90 Å². The maximum absolute atomic E-state index is 5.39. The van der Waals surface area contributed by atoms with Gasteiger partial charge in [0, 0.05) is 49.8 Å². The van der Waals surface area contributed by atoms with Crippen LogP contribution in [0.4, 0.5) is 0 Å². The van der Waals surface area contributed by atoms with E-state index in [1.54, 1.807) is 10.4 Å². The minimum Gasteiger partial charge on any atom is -0.381 e. The summed E-state index contributed by atoms with van der Waals surface area (Å²) in [6.07, 6.45) is 3.57. The van der Waals surface area contributed by atoms with Gasteiger partial charge in [-0.25, -0.2) is 0 Å². The summed E-state index contributed by atoms with van der Waals surface area (Å²) in [5.41, 5.74) is 1.56. The summed E-state index contributed by atoms with van der Waals surface area (Å²) >= 11 is 1.92. The zero-order valence-corrected chi connectivity index (χ0v) is 12.5. The van der Waals surface area contributed by atoms with Gasteiger partial charge in [0.2, 0.25) is 0 Å². The fourth-order valence-corrected chi connectivity index (χ4v) is 4.14. The average Bonchev–Trinajstić information content (AvgIpc) is 2.92. The molecule has 19 heavy (non-hydrogen) atoms. The van der Waals surface area contributed by atoms with E-state index in [1.807, 2.05) is 11.3 Å². The molecule has 0 saturated carbocycles. The van der Waals surface area contributed by atoms with E-state index in [4.69, 9.17) is 4.74 Å². The molecular formula is C15H24N2OS. The second kappa shape index (κ2) is 6.35. The van der Waals surface area contributed by atoms with Crippen molar-refractivity contribution in [3.05, 3.63) is 21.9 Å². The van der Waals surface area contributed by atoms with Gasteiger partial charge in [0.1, 0.15) is 0 Å². The third-order valence-corrected chi connectivity index (χ3v) is 5.45. The van der Waals surface area contributed by atoms with Crippen LogP contribution in [0.1, 0.15) is 36.2 Å². The lowest BCUT2D eigenvalue weighted by molar-refractivity contribution is 0.0765. The monoisotopic (exact) mass is 280 g/mol. The van der Waals surface area contributed by atoms with Crippen LogP contribution in [0, 0.1) is 0 Å². The van der Waals surface area contributed by atoms with Gasteiger partial charge in [-0.15, -0.1) is 11.3 Å². The number of fused-ring (bicyclic) bond motifs is 1. The lowest BCUT2D eigenvalue weighted by Gasteiger charge is -2.34. The van der Waals surface area contributed by atoms with Gasteiger partial charge in [-0.05, 0) is 43.2 Å². The summed E-state index contributed by atoms with van der Waals surface area (Å²) in [6, 6.07) is 3.57. The molecule has 2 aliphatic heterocycles. The molecule has 3 rings (SSSR count). The first-order valence-corrected chi connectivity index (χ1v) is 8.34. The zero-order chi connectivity index (χ0) is 13.1. The molecule has 4 heteroatoms. The van der Waals surface area contributed by atoms with Gasteiger partial charge in [0.05, 0.1) is 0 Å². The molecule has 1 unspecified atom stereocenters. The van der Waals surface area contributed by atoms with Crippen LogP contribution < -0.4 is 5.32 Å². The van der Waals surface area contributed by atoms with Crippen molar-refractivity contribution in [2.24, 2.45) is 0 Å². The van der Waals surface area contributed by atoms with E-state index in [0.717, 1.165) is 26.3 Å². The number of thiophene rings is 1. The molecule has 1 aromatic heterocycles. The van der Waals surface area contributed by atoms with E-state index in [0.29, 0.717) is 12.1 Å². The van der Waals surface area contributed by atoms with Crippen molar-refractivity contribution in [2.75, 3.05) is 32.8 Å². The normalized spacial score (nSPS) is 25.4. The Balaban J connectivity index is 1.46. The summed E-state index contributed by atoms with van der Waals surface area (Å²) < 4.78 is 5.39. The van der Waals surface area contributed by atoms with Crippen molar-refractivity contribution >= 4 is 11.3 Å². The van der Waals surface area contributed by atoms with Crippen LogP contribution in [-0.4, -0.2) is 43.8 Å². The molecule has 2 aliphatic rings. The summed E-state index contributed by atoms with van der Waals surface area (Å²) in [6.45, 7) is 7.68. The van der Waals surface area contributed by atoms with E-state index < -0.39 is 0 Å². The van der Waals surface area contributed by atoms with E-state index in [-0.39, 0.29) is 0 Å². The predicted octanol–water partition coefficient (Wildman–Crippen LogP) is 2.44. The van der Waals surface area contributed by atoms with Crippen molar-refractivity contribution in [1.82, 2.24) is 10.2 Å². The lowest BCUT2D eigenvalue weighted by atomic mass is 10.0. The summed E-state index contributed by atoms with van der Waals surface area (Å²) in [7, 11) is 0. The van der Waals surface area contributed by atoms with Crippen LogP contribution in [-0.2, 0) is 11.2 Å². The number of hydrogen-bond donors (Lipinski definition) is 1. The van der Waals surface area contributed by atoms with Crippen LogP contribution in [0.15, 0.2) is 11.4 Å². The Labute approximate surface area is 119 Å². The quantitative estimate of drug-likeness (QED) is 0.917. The van der Waals surface area contributed by atoms with E-state index >= 15 is 0 Å². The zero-order valence-electron chi connectivity index (χ0n) is 11.7. The lowest BCUT2D eigenvalue weighted by Crippen LogP contribution is -2.42. The van der Waals surface area contributed by atoms with Crippen molar-refractivity contribution in [1.29, 1.82) is 0 Å². The number of hydrogen-bond acceptors (Lipinski definition) is 4. The molecule has 0 radical (unpaired) electrons. The minimum absolute atomic E-state index is 0.589. The number of nitrogens with one attached hydrogen (secondary N) is 1. The Bertz CT molecular complexity index is 401. The fraction of sp³-hybridized carbons (Fsp3) is 0.733. The van der Waals surface area contributed by atoms with Crippen molar-refractivity contribution in [3.8, 4) is 0 Å². The standard InChI is InChI=1S/C15H24N2OS/c1-12-14-5-11-19-15(14)2-7-17(12)8-6-16-13-3-9-18-10-4-13/h5,11-13,16H,2-4,6-10H2,1H3.